The van der Waals surface area contributed by atoms with E-state index in [-0.39, 0.29) is 5.91 Å². The van der Waals surface area contributed by atoms with Gasteiger partial charge in [-0.05, 0) is 24.6 Å². The van der Waals surface area contributed by atoms with E-state index in [0.29, 0.717) is 23.7 Å². The zero-order valence-electron chi connectivity index (χ0n) is 8.01. The minimum Gasteiger partial charge on any atom is -0.330 e. The largest absolute Gasteiger partial charge is 0.330 e. The zero-order valence-corrected chi connectivity index (χ0v) is 8.77. The minimum atomic E-state index is -0.128. The Bertz CT molecular complexity index is 339. The van der Waals surface area contributed by atoms with Crippen LogP contribution in [0, 0.1) is 0 Å². The molecule has 0 heterocycles. The summed E-state index contributed by atoms with van der Waals surface area (Å²) in [5.74, 6) is -0.128. The fourth-order valence-corrected chi connectivity index (χ4v) is 1.49. The first-order valence-corrected chi connectivity index (χ1v) is 4.78. The Kier molecular flexibility index (Phi) is 3.92. The van der Waals surface area contributed by atoms with E-state index in [0.717, 1.165) is 5.56 Å². The number of hydrogen-bond donors (Lipinski definition) is 2. The fourth-order valence-electron chi connectivity index (χ4n) is 1.25. The average Bonchev–Trinajstić information content (AvgIpc) is 2.11. The SMILES string of the molecule is CC(=O)Nc1c(Cl)cccc1CCN. The first kappa shape index (κ1) is 11.0. The Morgan fingerprint density at radius 3 is 2.86 bits per heavy atom. The second-order valence-electron chi connectivity index (χ2n) is 2.99. The maximum atomic E-state index is 10.9. The van der Waals surface area contributed by atoms with Crippen molar-refractivity contribution in [2.45, 2.75) is 13.3 Å². The molecule has 0 aliphatic heterocycles. The number of carbonyl (C=O) groups is 1. The Morgan fingerprint density at radius 2 is 2.29 bits per heavy atom. The predicted octanol–water partition coefficient (Wildman–Crippen LogP) is 1.80. The third-order valence-corrected chi connectivity index (χ3v) is 2.13. The van der Waals surface area contributed by atoms with Crippen LogP contribution < -0.4 is 11.1 Å². The van der Waals surface area contributed by atoms with E-state index in [1.54, 1.807) is 6.07 Å². The minimum absolute atomic E-state index is 0.128. The molecule has 0 aliphatic rings. The number of para-hydroxylation sites is 1. The number of nitrogens with one attached hydrogen (secondary N) is 1. The van der Waals surface area contributed by atoms with E-state index < -0.39 is 0 Å². The Labute approximate surface area is 88.2 Å². The number of hydrogen-bond acceptors (Lipinski definition) is 2. The quantitative estimate of drug-likeness (QED) is 0.803. The highest BCUT2D eigenvalue weighted by molar-refractivity contribution is 6.33. The van der Waals surface area contributed by atoms with Crippen molar-refractivity contribution in [1.29, 1.82) is 0 Å². The van der Waals surface area contributed by atoms with Crippen LogP contribution in [0.1, 0.15) is 12.5 Å². The van der Waals surface area contributed by atoms with Crippen molar-refractivity contribution >= 4 is 23.2 Å². The summed E-state index contributed by atoms with van der Waals surface area (Å²) in [6, 6.07) is 5.50. The molecular weight excluding hydrogens is 200 g/mol. The van der Waals surface area contributed by atoms with Gasteiger partial charge >= 0.3 is 0 Å². The maximum Gasteiger partial charge on any atom is 0.221 e. The standard InChI is InChI=1S/C10H13ClN2O/c1-7(14)13-10-8(5-6-12)3-2-4-9(10)11/h2-4H,5-6,12H2,1H3,(H,13,14). The normalized spacial score (nSPS) is 9.93. The fraction of sp³-hybridized carbons (Fsp3) is 0.300. The van der Waals surface area contributed by atoms with Gasteiger partial charge in [0.1, 0.15) is 0 Å². The molecule has 0 fully saturated rings. The molecule has 1 aromatic rings. The molecule has 0 radical (unpaired) electrons. The van der Waals surface area contributed by atoms with Gasteiger partial charge in [0.15, 0.2) is 0 Å². The van der Waals surface area contributed by atoms with Crippen molar-refractivity contribution in [3.63, 3.8) is 0 Å². The third kappa shape index (κ3) is 2.72. The van der Waals surface area contributed by atoms with Crippen molar-refractivity contribution in [3.8, 4) is 0 Å². The highest BCUT2D eigenvalue weighted by atomic mass is 35.5. The molecule has 76 valence electrons. The second kappa shape index (κ2) is 4.98. The van der Waals surface area contributed by atoms with Crippen molar-refractivity contribution < 1.29 is 4.79 Å². The molecule has 0 bridgehead atoms. The molecule has 3 N–H and O–H groups in total. The van der Waals surface area contributed by atoms with Crippen LogP contribution in [0.4, 0.5) is 5.69 Å². The number of rotatable bonds is 3. The molecule has 1 aromatic carbocycles. The lowest BCUT2D eigenvalue weighted by Gasteiger charge is -2.10. The van der Waals surface area contributed by atoms with E-state index in [1.165, 1.54) is 6.92 Å². The Hall–Kier alpha value is -1.06. The van der Waals surface area contributed by atoms with Gasteiger partial charge in [0.05, 0.1) is 10.7 Å². The molecule has 1 rings (SSSR count). The molecular formula is C10H13ClN2O. The van der Waals surface area contributed by atoms with Crippen LogP contribution in [-0.2, 0) is 11.2 Å². The molecule has 0 atom stereocenters. The van der Waals surface area contributed by atoms with Gasteiger partial charge in [0.2, 0.25) is 5.91 Å². The number of anilines is 1. The van der Waals surface area contributed by atoms with Gasteiger partial charge in [0, 0.05) is 6.92 Å². The van der Waals surface area contributed by atoms with Crippen LogP contribution in [0.5, 0.6) is 0 Å². The molecule has 4 heteroatoms. The van der Waals surface area contributed by atoms with E-state index in [1.807, 2.05) is 12.1 Å². The van der Waals surface area contributed by atoms with Crippen LogP contribution in [-0.4, -0.2) is 12.5 Å². The van der Waals surface area contributed by atoms with Gasteiger partial charge in [-0.25, -0.2) is 0 Å². The van der Waals surface area contributed by atoms with Crippen molar-refractivity contribution in [2.75, 3.05) is 11.9 Å². The summed E-state index contributed by atoms with van der Waals surface area (Å²) in [5, 5.41) is 3.25. The summed E-state index contributed by atoms with van der Waals surface area (Å²) in [5.41, 5.74) is 7.10. The van der Waals surface area contributed by atoms with Crippen LogP contribution in [0.2, 0.25) is 5.02 Å². The summed E-state index contributed by atoms with van der Waals surface area (Å²) in [7, 11) is 0. The highest BCUT2D eigenvalue weighted by Crippen LogP contribution is 2.26. The molecule has 0 aliphatic carbocycles. The molecule has 0 unspecified atom stereocenters. The van der Waals surface area contributed by atoms with E-state index in [2.05, 4.69) is 5.32 Å². The van der Waals surface area contributed by atoms with Gasteiger partial charge < -0.3 is 11.1 Å². The average molecular weight is 213 g/mol. The molecule has 0 spiro atoms. The number of benzene rings is 1. The number of halogens is 1. The number of carbonyl (C=O) groups excluding carboxylic acids is 1. The van der Waals surface area contributed by atoms with Crippen molar-refractivity contribution in [2.24, 2.45) is 5.73 Å². The third-order valence-electron chi connectivity index (χ3n) is 1.81. The summed E-state index contributed by atoms with van der Waals surface area (Å²) in [4.78, 5) is 10.9. The van der Waals surface area contributed by atoms with Crippen molar-refractivity contribution in [3.05, 3.63) is 28.8 Å². The Balaban J connectivity index is 3.02. The molecule has 0 saturated carbocycles. The van der Waals surface area contributed by atoms with Gasteiger partial charge in [-0.15, -0.1) is 0 Å². The summed E-state index contributed by atoms with van der Waals surface area (Å²) in [6.07, 6.45) is 0.705. The van der Waals surface area contributed by atoms with Gasteiger partial charge in [-0.1, -0.05) is 23.7 Å². The zero-order chi connectivity index (χ0) is 10.6. The van der Waals surface area contributed by atoms with Crippen LogP contribution in [0.15, 0.2) is 18.2 Å². The van der Waals surface area contributed by atoms with E-state index in [9.17, 15) is 4.79 Å². The van der Waals surface area contributed by atoms with E-state index >= 15 is 0 Å². The molecule has 3 nitrogen and oxygen atoms in total. The van der Waals surface area contributed by atoms with Crippen molar-refractivity contribution in [1.82, 2.24) is 0 Å². The predicted molar refractivity (Wildman–Crippen MR) is 58.5 cm³/mol. The molecule has 14 heavy (non-hydrogen) atoms. The molecule has 1 amide bonds. The lowest BCUT2D eigenvalue weighted by molar-refractivity contribution is -0.114. The van der Waals surface area contributed by atoms with Crippen LogP contribution >= 0.6 is 11.6 Å². The summed E-state index contributed by atoms with van der Waals surface area (Å²) in [6.45, 7) is 1.99. The topological polar surface area (TPSA) is 55.1 Å². The number of amides is 1. The van der Waals surface area contributed by atoms with Gasteiger partial charge in [-0.3, -0.25) is 4.79 Å². The van der Waals surface area contributed by atoms with Gasteiger partial charge in [-0.2, -0.15) is 0 Å². The lowest BCUT2D eigenvalue weighted by atomic mass is 10.1. The first-order chi connectivity index (χ1) is 6.65. The monoisotopic (exact) mass is 212 g/mol. The molecule has 0 aromatic heterocycles. The summed E-state index contributed by atoms with van der Waals surface area (Å²) >= 11 is 5.95. The van der Waals surface area contributed by atoms with Gasteiger partial charge in [0.25, 0.3) is 0 Å². The maximum absolute atomic E-state index is 10.9. The van der Waals surface area contributed by atoms with E-state index in [4.69, 9.17) is 17.3 Å². The Morgan fingerprint density at radius 1 is 1.57 bits per heavy atom. The smallest absolute Gasteiger partial charge is 0.221 e. The lowest BCUT2D eigenvalue weighted by Crippen LogP contribution is -2.11. The van der Waals surface area contributed by atoms with Crippen LogP contribution in [0.3, 0.4) is 0 Å². The highest BCUT2D eigenvalue weighted by Gasteiger charge is 2.07. The summed E-state index contributed by atoms with van der Waals surface area (Å²) < 4.78 is 0. The number of nitrogens with two attached hydrogens (primary N) is 1. The first-order valence-electron chi connectivity index (χ1n) is 4.40. The van der Waals surface area contributed by atoms with Crippen LogP contribution in [0.25, 0.3) is 0 Å². The second-order valence-corrected chi connectivity index (χ2v) is 3.40. The molecule has 0 saturated heterocycles.